The van der Waals surface area contributed by atoms with E-state index in [0.717, 1.165) is 27.8 Å². The minimum absolute atomic E-state index is 0.0882. The van der Waals surface area contributed by atoms with Crippen LogP contribution in [0.3, 0.4) is 0 Å². The molecule has 1 aromatic heterocycles. The standard InChI is InChI=1S/C23H22N4O/c1-17-11-13-19(14-12-17)25-22(28)16-27-21-10-6-5-9-20(21)26-23(27)24-15-18-7-3-2-4-8-18/h2-14H,15-16H2,1H3,(H,24,26)(H,25,28). The second-order valence-electron chi connectivity index (χ2n) is 6.76. The van der Waals surface area contributed by atoms with E-state index < -0.39 is 0 Å². The van der Waals surface area contributed by atoms with E-state index in [1.807, 2.05) is 78.2 Å². The number of nitrogens with one attached hydrogen (secondary N) is 2. The van der Waals surface area contributed by atoms with E-state index in [1.54, 1.807) is 0 Å². The molecule has 0 spiro atoms. The van der Waals surface area contributed by atoms with Gasteiger partial charge in [-0.2, -0.15) is 0 Å². The molecule has 28 heavy (non-hydrogen) atoms. The maximum atomic E-state index is 12.6. The second-order valence-corrected chi connectivity index (χ2v) is 6.76. The molecule has 1 amide bonds. The molecule has 5 nitrogen and oxygen atoms in total. The average Bonchev–Trinajstić information content (AvgIpc) is 3.06. The van der Waals surface area contributed by atoms with Gasteiger partial charge >= 0.3 is 0 Å². The van der Waals surface area contributed by atoms with Gasteiger partial charge in [-0.3, -0.25) is 4.79 Å². The summed E-state index contributed by atoms with van der Waals surface area (Å²) in [5.74, 6) is 0.596. The quantitative estimate of drug-likeness (QED) is 0.522. The summed E-state index contributed by atoms with van der Waals surface area (Å²) in [5.41, 5.74) is 4.90. The van der Waals surface area contributed by atoms with Gasteiger partial charge in [0.25, 0.3) is 0 Å². The molecular weight excluding hydrogens is 348 g/mol. The van der Waals surface area contributed by atoms with Crippen LogP contribution >= 0.6 is 0 Å². The number of rotatable bonds is 6. The zero-order valence-electron chi connectivity index (χ0n) is 15.7. The van der Waals surface area contributed by atoms with Gasteiger partial charge in [-0.05, 0) is 36.8 Å². The van der Waals surface area contributed by atoms with Crippen LogP contribution < -0.4 is 10.6 Å². The van der Waals surface area contributed by atoms with Gasteiger partial charge < -0.3 is 15.2 Å². The fraction of sp³-hybridized carbons (Fsp3) is 0.130. The highest BCUT2D eigenvalue weighted by Gasteiger charge is 2.13. The lowest BCUT2D eigenvalue weighted by Gasteiger charge is -2.11. The molecule has 2 N–H and O–H groups in total. The molecule has 4 aromatic rings. The fourth-order valence-electron chi connectivity index (χ4n) is 3.13. The smallest absolute Gasteiger partial charge is 0.244 e. The number of hydrogen-bond acceptors (Lipinski definition) is 3. The number of hydrogen-bond donors (Lipinski definition) is 2. The van der Waals surface area contributed by atoms with Crippen LogP contribution in [0.4, 0.5) is 11.6 Å². The van der Waals surface area contributed by atoms with Crippen LogP contribution in [0.2, 0.25) is 0 Å². The van der Waals surface area contributed by atoms with E-state index >= 15 is 0 Å². The Labute approximate surface area is 164 Å². The number of carbonyl (C=O) groups excluding carboxylic acids is 1. The Balaban J connectivity index is 1.55. The first-order valence-electron chi connectivity index (χ1n) is 9.28. The van der Waals surface area contributed by atoms with Crippen molar-refractivity contribution in [1.29, 1.82) is 0 Å². The van der Waals surface area contributed by atoms with Crippen molar-refractivity contribution < 1.29 is 4.79 Å². The monoisotopic (exact) mass is 370 g/mol. The highest BCUT2D eigenvalue weighted by molar-refractivity contribution is 5.92. The van der Waals surface area contributed by atoms with E-state index in [4.69, 9.17) is 0 Å². The molecule has 0 fully saturated rings. The van der Waals surface area contributed by atoms with Crippen LogP contribution in [0.25, 0.3) is 11.0 Å². The van der Waals surface area contributed by atoms with Gasteiger partial charge in [0.15, 0.2) is 0 Å². The predicted molar refractivity (Wildman–Crippen MR) is 113 cm³/mol. The van der Waals surface area contributed by atoms with Crippen LogP contribution in [-0.4, -0.2) is 15.5 Å². The largest absolute Gasteiger partial charge is 0.352 e. The third kappa shape index (κ3) is 4.04. The summed E-state index contributed by atoms with van der Waals surface area (Å²) in [6, 6.07) is 25.8. The first-order chi connectivity index (χ1) is 13.7. The number of para-hydroxylation sites is 2. The molecule has 0 bridgehead atoms. The number of benzene rings is 3. The number of carbonyl (C=O) groups is 1. The number of amides is 1. The van der Waals surface area contributed by atoms with Crippen LogP contribution in [0.5, 0.6) is 0 Å². The molecule has 5 heteroatoms. The molecular formula is C23H22N4O. The average molecular weight is 370 g/mol. The molecule has 3 aromatic carbocycles. The van der Waals surface area contributed by atoms with Crippen molar-refractivity contribution >= 4 is 28.6 Å². The Hall–Kier alpha value is -3.60. The van der Waals surface area contributed by atoms with Crippen molar-refractivity contribution in [3.63, 3.8) is 0 Å². The summed E-state index contributed by atoms with van der Waals surface area (Å²) >= 11 is 0. The highest BCUT2D eigenvalue weighted by Crippen LogP contribution is 2.20. The number of aromatic nitrogens is 2. The normalized spacial score (nSPS) is 10.8. The molecule has 0 saturated heterocycles. The summed E-state index contributed by atoms with van der Waals surface area (Å²) < 4.78 is 1.92. The van der Waals surface area contributed by atoms with Crippen LogP contribution in [-0.2, 0) is 17.9 Å². The third-order valence-electron chi connectivity index (χ3n) is 4.59. The maximum Gasteiger partial charge on any atom is 0.244 e. The fourth-order valence-corrected chi connectivity index (χ4v) is 3.13. The van der Waals surface area contributed by atoms with Gasteiger partial charge in [0, 0.05) is 12.2 Å². The molecule has 0 aliphatic rings. The van der Waals surface area contributed by atoms with Crippen molar-refractivity contribution in [2.75, 3.05) is 10.6 Å². The van der Waals surface area contributed by atoms with E-state index in [1.165, 1.54) is 0 Å². The van der Waals surface area contributed by atoms with Gasteiger partial charge in [-0.1, -0.05) is 60.2 Å². The number of fused-ring (bicyclic) bond motifs is 1. The second kappa shape index (κ2) is 7.96. The van der Waals surface area contributed by atoms with Crippen LogP contribution in [0.15, 0.2) is 78.9 Å². The van der Waals surface area contributed by atoms with Gasteiger partial charge in [0.1, 0.15) is 6.54 Å². The van der Waals surface area contributed by atoms with Gasteiger partial charge in [0.2, 0.25) is 11.9 Å². The van der Waals surface area contributed by atoms with E-state index in [-0.39, 0.29) is 12.5 Å². The Morgan fingerprint density at radius 3 is 2.43 bits per heavy atom. The van der Waals surface area contributed by atoms with Crippen molar-refractivity contribution in [1.82, 2.24) is 9.55 Å². The third-order valence-corrected chi connectivity index (χ3v) is 4.59. The molecule has 0 radical (unpaired) electrons. The predicted octanol–water partition coefficient (Wildman–Crippen LogP) is 4.60. The van der Waals surface area contributed by atoms with Crippen molar-refractivity contribution in [3.8, 4) is 0 Å². The number of aryl methyl sites for hydroxylation is 1. The molecule has 0 saturated carbocycles. The Morgan fingerprint density at radius 1 is 0.929 bits per heavy atom. The number of nitrogens with zero attached hydrogens (tertiary/aromatic N) is 2. The molecule has 140 valence electrons. The molecule has 1 heterocycles. The molecule has 0 aliphatic heterocycles. The topological polar surface area (TPSA) is 59.0 Å². The number of anilines is 2. The molecule has 0 aliphatic carbocycles. The van der Waals surface area contributed by atoms with E-state index in [2.05, 4.69) is 27.8 Å². The van der Waals surface area contributed by atoms with Crippen molar-refractivity contribution in [3.05, 3.63) is 90.0 Å². The zero-order chi connectivity index (χ0) is 19.3. The zero-order valence-corrected chi connectivity index (χ0v) is 15.7. The Bertz CT molecular complexity index is 1080. The van der Waals surface area contributed by atoms with Crippen molar-refractivity contribution in [2.24, 2.45) is 0 Å². The van der Waals surface area contributed by atoms with E-state index in [9.17, 15) is 4.79 Å². The lowest BCUT2D eigenvalue weighted by atomic mass is 10.2. The maximum absolute atomic E-state index is 12.6. The summed E-state index contributed by atoms with van der Waals surface area (Å²) in [5, 5.41) is 6.33. The van der Waals surface area contributed by atoms with E-state index in [0.29, 0.717) is 12.5 Å². The summed E-state index contributed by atoms with van der Waals surface area (Å²) in [6.45, 7) is 2.85. The lowest BCUT2D eigenvalue weighted by molar-refractivity contribution is -0.116. The minimum atomic E-state index is -0.0882. The van der Waals surface area contributed by atoms with Gasteiger partial charge in [0.05, 0.1) is 11.0 Å². The summed E-state index contributed by atoms with van der Waals surface area (Å²) in [7, 11) is 0. The molecule has 0 unspecified atom stereocenters. The lowest BCUT2D eigenvalue weighted by Crippen LogP contribution is -2.20. The number of imidazole rings is 1. The summed E-state index contributed by atoms with van der Waals surface area (Å²) in [6.07, 6.45) is 0. The van der Waals surface area contributed by atoms with Crippen LogP contribution in [0.1, 0.15) is 11.1 Å². The first-order valence-corrected chi connectivity index (χ1v) is 9.28. The van der Waals surface area contributed by atoms with Gasteiger partial charge in [-0.25, -0.2) is 4.98 Å². The molecule has 4 rings (SSSR count). The molecule has 0 atom stereocenters. The van der Waals surface area contributed by atoms with Crippen molar-refractivity contribution in [2.45, 2.75) is 20.0 Å². The Morgan fingerprint density at radius 2 is 1.64 bits per heavy atom. The minimum Gasteiger partial charge on any atom is -0.352 e. The Kier molecular flexibility index (Phi) is 5.06. The first kappa shape index (κ1) is 17.8. The van der Waals surface area contributed by atoms with Gasteiger partial charge in [-0.15, -0.1) is 0 Å². The highest BCUT2D eigenvalue weighted by atomic mass is 16.1. The van der Waals surface area contributed by atoms with Crippen LogP contribution in [0, 0.1) is 6.92 Å². The SMILES string of the molecule is Cc1ccc(NC(=O)Cn2c(NCc3ccccc3)nc3ccccc32)cc1. The summed E-state index contributed by atoms with van der Waals surface area (Å²) in [4.78, 5) is 17.3.